The van der Waals surface area contributed by atoms with Crippen molar-refractivity contribution in [3.63, 3.8) is 0 Å². The van der Waals surface area contributed by atoms with Gasteiger partial charge in [-0.15, -0.1) is 0 Å². The fourth-order valence-electron chi connectivity index (χ4n) is 0.673. The average Bonchev–Trinajstić information content (AvgIpc) is 2.16. The lowest BCUT2D eigenvalue weighted by Gasteiger charge is -2.09. The zero-order valence-corrected chi connectivity index (χ0v) is 8.47. The number of aliphatic hydroxyl groups is 1. The molecular weight excluding hydrogens is 184 g/mol. The number of carbonyl (C=O) groups excluding carboxylic acids is 1. The standard InChI is InChI=1S/C10H16O4/c1-3-5-10(12)14-8-9(11)7-13-6-4-2/h3-6,9,11H,7-8H2,1-2H3. The smallest absolute Gasteiger partial charge is 0.330 e. The van der Waals surface area contributed by atoms with Gasteiger partial charge in [-0.1, -0.05) is 12.2 Å². The zero-order chi connectivity index (χ0) is 10.8. The van der Waals surface area contributed by atoms with Crippen molar-refractivity contribution in [1.29, 1.82) is 0 Å². The molecule has 4 nitrogen and oxygen atoms in total. The lowest BCUT2D eigenvalue weighted by molar-refractivity contribution is -0.141. The first-order valence-electron chi connectivity index (χ1n) is 4.41. The maximum atomic E-state index is 10.8. The minimum atomic E-state index is -0.791. The second kappa shape index (κ2) is 8.31. The number of allylic oxidation sites excluding steroid dienone is 2. The van der Waals surface area contributed by atoms with Crippen LogP contribution in [-0.4, -0.2) is 30.4 Å². The normalized spacial score (nSPS) is 13.4. The predicted octanol–water partition coefficient (Wildman–Crippen LogP) is 1.02. The molecule has 0 aliphatic carbocycles. The van der Waals surface area contributed by atoms with Crippen LogP contribution in [0.2, 0.25) is 0 Å². The Kier molecular flexibility index (Phi) is 7.55. The van der Waals surface area contributed by atoms with Crippen molar-refractivity contribution >= 4 is 5.97 Å². The van der Waals surface area contributed by atoms with E-state index in [9.17, 15) is 9.90 Å². The topological polar surface area (TPSA) is 55.8 Å². The molecule has 1 N–H and O–H groups in total. The van der Waals surface area contributed by atoms with E-state index < -0.39 is 12.1 Å². The van der Waals surface area contributed by atoms with E-state index in [1.807, 2.05) is 0 Å². The highest BCUT2D eigenvalue weighted by Crippen LogP contribution is 1.90. The molecule has 80 valence electrons. The lowest BCUT2D eigenvalue weighted by Crippen LogP contribution is -2.22. The van der Waals surface area contributed by atoms with Crippen molar-refractivity contribution in [2.75, 3.05) is 13.2 Å². The summed E-state index contributed by atoms with van der Waals surface area (Å²) < 4.78 is 9.59. The quantitative estimate of drug-likeness (QED) is 0.395. The molecule has 0 radical (unpaired) electrons. The highest BCUT2D eigenvalue weighted by atomic mass is 16.5. The number of carbonyl (C=O) groups is 1. The number of hydrogen-bond donors (Lipinski definition) is 1. The molecule has 0 aliphatic heterocycles. The summed E-state index contributed by atoms with van der Waals surface area (Å²) in [6.07, 6.45) is 5.25. The van der Waals surface area contributed by atoms with Gasteiger partial charge in [0.15, 0.2) is 0 Å². The second-order valence-corrected chi connectivity index (χ2v) is 2.59. The predicted molar refractivity (Wildman–Crippen MR) is 52.5 cm³/mol. The van der Waals surface area contributed by atoms with E-state index in [4.69, 9.17) is 9.47 Å². The van der Waals surface area contributed by atoms with Crippen molar-refractivity contribution in [2.24, 2.45) is 0 Å². The fourth-order valence-corrected chi connectivity index (χ4v) is 0.673. The van der Waals surface area contributed by atoms with Crippen molar-refractivity contribution in [3.8, 4) is 0 Å². The van der Waals surface area contributed by atoms with Gasteiger partial charge in [-0.2, -0.15) is 0 Å². The van der Waals surface area contributed by atoms with Gasteiger partial charge in [0.25, 0.3) is 0 Å². The molecule has 0 fully saturated rings. The van der Waals surface area contributed by atoms with Crippen LogP contribution < -0.4 is 0 Å². The molecule has 0 aromatic carbocycles. The number of rotatable bonds is 6. The molecule has 0 rings (SSSR count). The summed E-state index contributed by atoms with van der Waals surface area (Å²) in [5.74, 6) is -0.461. The third-order valence-electron chi connectivity index (χ3n) is 1.24. The Hall–Kier alpha value is -1.29. The number of ether oxygens (including phenoxy) is 2. The summed E-state index contributed by atoms with van der Waals surface area (Å²) in [6, 6.07) is 0. The molecule has 0 spiro atoms. The molecule has 0 saturated carbocycles. The zero-order valence-electron chi connectivity index (χ0n) is 8.47. The van der Waals surface area contributed by atoms with Gasteiger partial charge in [0.05, 0.1) is 6.26 Å². The van der Waals surface area contributed by atoms with E-state index in [-0.39, 0.29) is 13.2 Å². The molecule has 4 heteroatoms. The summed E-state index contributed by atoms with van der Waals surface area (Å²) in [7, 11) is 0. The number of aliphatic hydroxyl groups excluding tert-OH is 1. The van der Waals surface area contributed by atoms with Gasteiger partial charge < -0.3 is 14.6 Å². The second-order valence-electron chi connectivity index (χ2n) is 2.59. The first-order valence-corrected chi connectivity index (χ1v) is 4.41. The molecule has 14 heavy (non-hydrogen) atoms. The monoisotopic (exact) mass is 200 g/mol. The first kappa shape index (κ1) is 12.7. The van der Waals surface area contributed by atoms with E-state index in [2.05, 4.69) is 0 Å². The number of esters is 1. The van der Waals surface area contributed by atoms with Crippen LogP contribution in [-0.2, 0) is 14.3 Å². The van der Waals surface area contributed by atoms with Gasteiger partial charge in [0.2, 0.25) is 0 Å². The highest BCUT2D eigenvalue weighted by Gasteiger charge is 2.06. The van der Waals surface area contributed by atoms with Gasteiger partial charge in [0, 0.05) is 6.08 Å². The Morgan fingerprint density at radius 1 is 1.36 bits per heavy atom. The summed E-state index contributed by atoms with van der Waals surface area (Å²) >= 11 is 0. The fraction of sp³-hybridized carbons (Fsp3) is 0.500. The molecule has 0 saturated heterocycles. The number of hydrogen-bond acceptors (Lipinski definition) is 4. The Morgan fingerprint density at radius 3 is 2.64 bits per heavy atom. The SMILES string of the molecule is CC=COCC(O)COC(=O)C=CC. The van der Waals surface area contributed by atoms with Crippen LogP contribution in [0.25, 0.3) is 0 Å². The van der Waals surface area contributed by atoms with E-state index in [1.54, 1.807) is 26.0 Å². The van der Waals surface area contributed by atoms with Crippen LogP contribution in [0.4, 0.5) is 0 Å². The summed E-state index contributed by atoms with van der Waals surface area (Å²) in [4.78, 5) is 10.8. The highest BCUT2D eigenvalue weighted by molar-refractivity contribution is 5.81. The van der Waals surface area contributed by atoms with Gasteiger partial charge >= 0.3 is 5.97 Å². The summed E-state index contributed by atoms with van der Waals surface area (Å²) in [5.41, 5.74) is 0. The molecule has 0 aromatic rings. The lowest BCUT2D eigenvalue weighted by atomic mass is 10.4. The maximum Gasteiger partial charge on any atom is 0.330 e. The molecular formula is C10H16O4. The van der Waals surface area contributed by atoms with Crippen LogP contribution in [0.1, 0.15) is 13.8 Å². The Labute approximate surface area is 83.8 Å². The average molecular weight is 200 g/mol. The minimum Gasteiger partial charge on any atom is -0.499 e. The summed E-state index contributed by atoms with van der Waals surface area (Å²) in [6.45, 7) is 3.58. The molecule has 0 aromatic heterocycles. The van der Waals surface area contributed by atoms with Gasteiger partial charge in [0.1, 0.15) is 19.3 Å². The summed E-state index contributed by atoms with van der Waals surface area (Å²) in [5, 5.41) is 9.23. The van der Waals surface area contributed by atoms with E-state index in [0.29, 0.717) is 0 Å². The first-order chi connectivity index (χ1) is 6.70. The van der Waals surface area contributed by atoms with Crippen LogP contribution in [0.15, 0.2) is 24.5 Å². The third kappa shape index (κ3) is 7.36. The molecule has 0 bridgehead atoms. The molecule has 0 amide bonds. The van der Waals surface area contributed by atoms with Crippen molar-refractivity contribution < 1.29 is 19.4 Å². The third-order valence-corrected chi connectivity index (χ3v) is 1.24. The van der Waals surface area contributed by atoms with Gasteiger partial charge in [-0.05, 0) is 13.8 Å². The van der Waals surface area contributed by atoms with Crippen LogP contribution >= 0.6 is 0 Å². The van der Waals surface area contributed by atoms with Crippen molar-refractivity contribution in [1.82, 2.24) is 0 Å². The van der Waals surface area contributed by atoms with Crippen LogP contribution in [0, 0.1) is 0 Å². The minimum absolute atomic E-state index is 0.0548. The van der Waals surface area contributed by atoms with E-state index in [1.165, 1.54) is 12.3 Å². The molecule has 0 heterocycles. The molecule has 0 aliphatic rings. The van der Waals surface area contributed by atoms with Crippen LogP contribution in [0.3, 0.4) is 0 Å². The van der Waals surface area contributed by atoms with Gasteiger partial charge in [-0.25, -0.2) is 4.79 Å². The van der Waals surface area contributed by atoms with E-state index >= 15 is 0 Å². The molecule has 1 unspecified atom stereocenters. The van der Waals surface area contributed by atoms with Gasteiger partial charge in [-0.3, -0.25) is 0 Å². The maximum absolute atomic E-state index is 10.8. The van der Waals surface area contributed by atoms with E-state index in [0.717, 1.165) is 0 Å². The largest absolute Gasteiger partial charge is 0.499 e. The Morgan fingerprint density at radius 2 is 2.07 bits per heavy atom. The van der Waals surface area contributed by atoms with Crippen molar-refractivity contribution in [3.05, 3.63) is 24.5 Å². The molecule has 1 atom stereocenters. The Balaban J connectivity index is 3.52. The Bertz CT molecular complexity index is 208. The van der Waals surface area contributed by atoms with Crippen molar-refractivity contribution in [2.45, 2.75) is 20.0 Å². The van der Waals surface area contributed by atoms with Crippen LogP contribution in [0.5, 0.6) is 0 Å².